The first-order chi connectivity index (χ1) is 7.00. The van der Waals surface area contributed by atoms with E-state index in [1.165, 1.54) is 25.7 Å². The van der Waals surface area contributed by atoms with Crippen LogP contribution in [0.25, 0.3) is 0 Å². The Balaban J connectivity index is 2.34. The lowest BCUT2D eigenvalue weighted by Gasteiger charge is -1.91. The molecule has 0 atom stereocenters. The first-order valence-electron chi connectivity index (χ1n) is 5.47. The van der Waals surface area contributed by atoms with Crippen LogP contribution < -0.4 is 0 Å². The standard InChI is InChI=1S/C14H19/c1-2-4-6-8-10-12-14-13-11-9-7-5-3-1/h1-7,12,14H,8-11,13H2/b3-1+,6-4-,7-5+,14-12+. The van der Waals surface area contributed by atoms with Crippen molar-refractivity contribution in [2.24, 2.45) is 0 Å². The van der Waals surface area contributed by atoms with Crippen LogP contribution in [0.4, 0.5) is 0 Å². The van der Waals surface area contributed by atoms with E-state index in [0.29, 0.717) is 0 Å². The lowest BCUT2D eigenvalue weighted by molar-refractivity contribution is 0.862. The van der Waals surface area contributed by atoms with Gasteiger partial charge in [-0.3, -0.25) is 0 Å². The Bertz CT molecular complexity index is 228. The molecule has 0 heterocycles. The summed E-state index contributed by atoms with van der Waals surface area (Å²) in [6, 6.07) is 0. The fourth-order valence-electron chi connectivity index (χ4n) is 1.32. The van der Waals surface area contributed by atoms with Gasteiger partial charge in [0.2, 0.25) is 0 Å². The van der Waals surface area contributed by atoms with Gasteiger partial charge in [-0.2, -0.15) is 0 Å². The van der Waals surface area contributed by atoms with Crippen molar-refractivity contribution in [3.05, 3.63) is 55.0 Å². The number of hydrogen-bond acceptors (Lipinski definition) is 0. The average molecular weight is 187 g/mol. The first-order valence-corrected chi connectivity index (χ1v) is 5.47. The van der Waals surface area contributed by atoms with Gasteiger partial charge in [0.25, 0.3) is 0 Å². The normalized spacial score (nSPS) is 28.6. The van der Waals surface area contributed by atoms with Crippen molar-refractivity contribution < 1.29 is 0 Å². The highest BCUT2D eigenvalue weighted by Crippen LogP contribution is 2.01. The fourth-order valence-corrected chi connectivity index (χ4v) is 1.32. The molecule has 0 saturated heterocycles. The van der Waals surface area contributed by atoms with E-state index >= 15 is 0 Å². The van der Waals surface area contributed by atoms with Crippen LogP contribution >= 0.6 is 0 Å². The minimum Gasteiger partial charge on any atom is -0.0885 e. The third-order valence-corrected chi connectivity index (χ3v) is 2.12. The Morgan fingerprint density at radius 1 is 0.500 bits per heavy atom. The first kappa shape index (κ1) is 11.0. The molecule has 0 bridgehead atoms. The van der Waals surface area contributed by atoms with Crippen LogP contribution in [-0.2, 0) is 0 Å². The smallest absolute Gasteiger partial charge is 0.00473 e. The molecule has 1 aliphatic carbocycles. The van der Waals surface area contributed by atoms with Gasteiger partial charge in [-0.05, 0) is 32.1 Å². The molecular weight excluding hydrogens is 168 g/mol. The minimum atomic E-state index is 1.15. The zero-order valence-corrected chi connectivity index (χ0v) is 8.73. The van der Waals surface area contributed by atoms with Gasteiger partial charge in [-0.25, -0.2) is 0 Å². The molecule has 1 aliphatic rings. The monoisotopic (exact) mass is 187 g/mol. The number of hydrogen-bond donors (Lipinski definition) is 0. The van der Waals surface area contributed by atoms with Crippen molar-refractivity contribution in [2.45, 2.75) is 32.1 Å². The van der Waals surface area contributed by atoms with Crippen LogP contribution in [0.1, 0.15) is 32.1 Å². The van der Waals surface area contributed by atoms with E-state index in [0.717, 1.165) is 6.42 Å². The summed E-state index contributed by atoms with van der Waals surface area (Å²) in [5.41, 5.74) is 0. The SMILES string of the molecule is [CH]1/C=C\CC/C=C/CCC/C=C/C=C/1. The molecule has 0 amide bonds. The number of allylic oxidation sites excluding steroid dienone is 8. The van der Waals surface area contributed by atoms with Gasteiger partial charge in [-0.1, -0.05) is 48.6 Å². The molecule has 0 heteroatoms. The topological polar surface area (TPSA) is 0 Å². The molecule has 75 valence electrons. The van der Waals surface area contributed by atoms with Gasteiger partial charge in [0.15, 0.2) is 0 Å². The van der Waals surface area contributed by atoms with Crippen LogP contribution in [0.15, 0.2) is 48.6 Å². The van der Waals surface area contributed by atoms with Crippen molar-refractivity contribution in [1.29, 1.82) is 0 Å². The quantitative estimate of drug-likeness (QED) is 0.494. The summed E-state index contributed by atoms with van der Waals surface area (Å²) in [5.74, 6) is 0. The lowest BCUT2D eigenvalue weighted by Crippen LogP contribution is -1.71. The lowest BCUT2D eigenvalue weighted by atomic mass is 10.2. The molecule has 0 saturated carbocycles. The largest absolute Gasteiger partial charge is 0.0885 e. The second kappa shape index (κ2) is 8.55. The van der Waals surface area contributed by atoms with Gasteiger partial charge >= 0.3 is 0 Å². The summed E-state index contributed by atoms with van der Waals surface area (Å²) < 4.78 is 0. The zero-order chi connectivity index (χ0) is 9.90. The Kier molecular flexibility index (Phi) is 6.74. The highest BCUT2D eigenvalue weighted by atomic mass is 13.9. The van der Waals surface area contributed by atoms with Crippen molar-refractivity contribution in [1.82, 2.24) is 0 Å². The summed E-state index contributed by atoms with van der Waals surface area (Å²) >= 11 is 0. The van der Waals surface area contributed by atoms with Crippen molar-refractivity contribution in [3.63, 3.8) is 0 Å². The Labute approximate surface area is 87.7 Å². The molecule has 0 aromatic rings. The van der Waals surface area contributed by atoms with E-state index in [9.17, 15) is 0 Å². The summed E-state index contributed by atoms with van der Waals surface area (Å²) in [4.78, 5) is 0. The molecule has 0 aromatic carbocycles. The molecule has 0 aromatic heterocycles. The second-order valence-corrected chi connectivity index (χ2v) is 3.41. The fraction of sp³-hybridized carbons (Fsp3) is 0.357. The zero-order valence-electron chi connectivity index (χ0n) is 8.73. The molecule has 1 rings (SSSR count). The van der Waals surface area contributed by atoms with Crippen LogP contribution in [0.5, 0.6) is 0 Å². The van der Waals surface area contributed by atoms with Crippen LogP contribution in [0.2, 0.25) is 0 Å². The predicted octanol–water partition coefficient (Wildman–Crippen LogP) is 4.38. The highest BCUT2D eigenvalue weighted by Gasteiger charge is 1.82. The molecule has 0 nitrogen and oxygen atoms in total. The third kappa shape index (κ3) is 6.47. The highest BCUT2D eigenvalue weighted by molar-refractivity contribution is 5.14. The summed E-state index contributed by atoms with van der Waals surface area (Å²) in [6.45, 7) is 0. The summed E-state index contributed by atoms with van der Waals surface area (Å²) in [6.07, 6.45) is 25.5. The van der Waals surface area contributed by atoms with Gasteiger partial charge in [0.05, 0.1) is 0 Å². The molecule has 0 spiro atoms. The van der Waals surface area contributed by atoms with Crippen LogP contribution in [0.3, 0.4) is 0 Å². The maximum atomic E-state index is 2.30. The molecular formula is C14H19. The summed E-state index contributed by atoms with van der Waals surface area (Å²) in [7, 11) is 0. The molecule has 0 unspecified atom stereocenters. The summed E-state index contributed by atoms with van der Waals surface area (Å²) in [5, 5.41) is 0. The number of rotatable bonds is 0. The van der Waals surface area contributed by atoms with E-state index in [-0.39, 0.29) is 0 Å². The Hall–Kier alpha value is -1.04. The molecule has 14 heavy (non-hydrogen) atoms. The van der Waals surface area contributed by atoms with Crippen LogP contribution in [0, 0.1) is 6.42 Å². The van der Waals surface area contributed by atoms with E-state index in [4.69, 9.17) is 0 Å². The Morgan fingerprint density at radius 3 is 2.21 bits per heavy atom. The van der Waals surface area contributed by atoms with E-state index in [1.54, 1.807) is 0 Å². The second-order valence-electron chi connectivity index (χ2n) is 3.41. The van der Waals surface area contributed by atoms with Gasteiger partial charge < -0.3 is 0 Å². The van der Waals surface area contributed by atoms with Crippen molar-refractivity contribution in [2.75, 3.05) is 0 Å². The molecule has 0 N–H and O–H groups in total. The van der Waals surface area contributed by atoms with Gasteiger partial charge in [0.1, 0.15) is 0 Å². The molecule has 1 radical (unpaired) electrons. The average Bonchev–Trinajstić information content (AvgIpc) is 2.22. The minimum absolute atomic E-state index is 1.15. The predicted molar refractivity (Wildman–Crippen MR) is 63.9 cm³/mol. The van der Waals surface area contributed by atoms with E-state index in [1.807, 2.05) is 0 Å². The maximum absolute atomic E-state index is 2.30. The maximum Gasteiger partial charge on any atom is 0.00473 e. The van der Waals surface area contributed by atoms with E-state index < -0.39 is 0 Å². The van der Waals surface area contributed by atoms with Crippen molar-refractivity contribution in [3.8, 4) is 0 Å². The third-order valence-electron chi connectivity index (χ3n) is 2.12. The van der Waals surface area contributed by atoms with E-state index in [2.05, 4.69) is 55.0 Å². The Morgan fingerprint density at radius 2 is 1.21 bits per heavy atom. The van der Waals surface area contributed by atoms with Crippen LogP contribution in [-0.4, -0.2) is 0 Å². The molecule has 0 aliphatic heterocycles. The molecule has 0 fully saturated rings. The van der Waals surface area contributed by atoms with Crippen molar-refractivity contribution >= 4 is 0 Å². The van der Waals surface area contributed by atoms with Gasteiger partial charge in [-0.15, -0.1) is 0 Å². The van der Waals surface area contributed by atoms with Gasteiger partial charge in [0, 0.05) is 6.42 Å².